The van der Waals surface area contributed by atoms with Gasteiger partial charge in [-0.25, -0.2) is 10.8 Å². The van der Waals surface area contributed by atoms with Gasteiger partial charge in [-0.15, -0.1) is 11.3 Å². The molecule has 110 valence electrons. The van der Waals surface area contributed by atoms with Gasteiger partial charge < -0.3 is 4.74 Å². The molecule has 2 rings (SSSR count). The van der Waals surface area contributed by atoms with E-state index >= 15 is 0 Å². The lowest BCUT2D eigenvalue weighted by atomic mass is 10.3. The van der Waals surface area contributed by atoms with Crippen LogP contribution in [-0.4, -0.2) is 15.8 Å². The minimum atomic E-state index is -0.510. The number of carbonyl (C=O) groups excluding carboxylic acids is 1. The molecule has 0 aliphatic heterocycles. The summed E-state index contributed by atoms with van der Waals surface area (Å²) in [4.78, 5) is 25.5. The zero-order valence-electron chi connectivity index (χ0n) is 10.4. The van der Waals surface area contributed by atoms with Crippen LogP contribution in [0.15, 0.2) is 28.1 Å². The van der Waals surface area contributed by atoms with Crippen LogP contribution >= 0.6 is 27.3 Å². The number of nitrogens with zero attached hydrogens (tertiary/aromatic N) is 2. The summed E-state index contributed by atoms with van der Waals surface area (Å²) in [5.41, 5.74) is 2.43. The molecule has 1 aromatic carbocycles. The molecule has 2 aromatic rings. The largest absolute Gasteiger partial charge is 0.487 e. The molecular weight excluding hydrogens is 364 g/mol. The minimum absolute atomic E-state index is 0.0825. The fourth-order valence-corrected chi connectivity index (χ4v) is 2.60. The van der Waals surface area contributed by atoms with Crippen molar-refractivity contribution in [1.82, 2.24) is 10.4 Å². The van der Waals surface area contributed by atoms with E-state index in [1.807, 2.05) is 5.43 Å². The number of nitro groups is 1. The molecular formula is C11H9BrN4O4S. The van der Waals surface area contributed by atoms with E-state index in [0.29, 0.717) is 15.9 Å². The Morgan fingerprint density at radius 2 is 2.29 bits per heavy atom. The van der Waals surface area contributed by atoms with Crippen LogP contribution in [0.3, 0.4) is 0 Å². The molecule has 21 heavy (non-hydrogen) atoms. The number of halogens is 1. The number of carbonyl (C=O) groups is 1. The van der Waals surface area contributed by atoms with Crippen LogP contribution in [0, 0.1) is 10.1 Å². The SMILES string of the molecule is NNC(=O)c1nc(COc2cc(Br)cc([N+](=O)[O-])c2)cs1. The lowest BCUT2D eigenvalue weighted by molar-refractivity contribution is -0.385. The first kappa shape index (κ1) is 15.4. The first-order chi connectivity index (χ1) is 9.99. The molecule has 1 aromatic heterocycles. The number of thiazole rings is 1. The van der Waals surface area contributed by atoms with Gasteiger partial charge in [0.1, 0.15) is 12.4 Å². The number of nitro benzene ring substituents is 1. The first-order valence-corrected chi connectivity index (χ1v) is 7.20. The molecule has 0 radical (unpaired) electrons. The maximum Gasteiger partial charge on any atom is 0.294 e. The van der Waals surface area contributed by atoms with Crippen molar-refractivity contribution in [1.29, 1.82) is 0 Å². The molecule has 0 spiro atoms. The van der Waals surface area contributed by atoms with Crippen molar-refractivity contribution in [3.8, 4) is 5.75 Å². The van der Waals surface area contributed by atoms with Crippen LogP contribution in [0.1, 0.15) is 15.5 Å². The molecule has 0 atom stereocenters. The number of nitrogens with two attached hydrogens (primary N) is 1. The van der Waals surface area contributed by atoms with Gasteiger partial charge in [-0.05, 0) is 6.07 Å². The molecule has 0 bridgehead atoms. The number of ether oxygens (including phenoxy) is 1. The molecule has 3 N–H and O–H groups in total. The Morgan fingerprint density at radius 3 is 2.95 bits per heavy atom. The summed E-state index contributed by atoms with van der Waals surface area (Å²) in [6.45, 7) is 0.0853. The van der Waals surface area contributed by atoms with E-state index in [4.69, 9.17) is 10.6 Å². The third-order valence-electron chi connectivity index (χ3n) is 2.33. The summed E-state index contributed by atoms with van der Waals surface area (Å²) in [6.07, 6.45) is 0. The summed E-state index contributed by atoms with van der Waals surface area (Å²) < 4.78 is 5.97. The van der Waals surface area contributed by atoms with Crippen molar-refractivity contribution in [2.75, 3.05) is 0 Å². The Hall–Kier alpha value is -2.04. The Bertz CT molecular complexity index is 691. The Morgan fingerprint density at radius 1 is 1.52 bits per heavy atom. The smallest absolute Gasteiger partial charge is 0.294 e. The number of hydrogen-bond acceptors (Lipinski definition) is 7. The predicted molar refractivity (Wildman–Crippen MR) is 78.9 cm³/mol. The Balaban J connectivity index is 2.07. The summed E-state index contributed by atoms with van der Waals surface area (Å²) in [5, 5.41) is 12.6. The second kappa shape index (κ2) is 6.61. The fraction of sp³-hybridized carbons (Fsp3) is 0.0909. The molecule has 0 saturated carbocycles. The van der Waals surface area contributed by atoms with E-state index in [0.717, 1.165) is 11.3 Å². The quantitative estimate of drug-likeness (QED) is 0.358. The van der Waals surface area contributed by atoms with Gasteiger partial charge in [-0.1, -0.05) is 15.9 Å². The van der Waals surface area contributed by atoms with E-state index in [1.165, 1.54) is 12.1 Å². The van der Waals surface area contributed by atoms with E-state index in [-0.39, 0.29) is 17.3 Å². The Labute approximate surface area is 131 Å². The Kier molecular flexibility index (Phi) is 4.83. The summed E-state index contributed by atoms with van der Waals surface area (Å²) >= 11 is 4.30. The summed E-state index contributed by atoms with van der Waals surface area (Å²) in [7, 11) is 0. The van der Waals surface area contributed by atoms with Crippen molar-refractivity contribution in [2.24, 2.45) is 5.84 Å². The van der Waals surface area contributed by atoms with Crippen molar-refractivity contribution in [2.45, 2.75) is 6.61 Å². The van der Waals surface area contributed by atoms with Gasteiger partial charge in [-0.3, -0.25) is 20.3 Å². The number of nitrogens with one attached hydrogen (secondary N) is 1. The number of hydrogen-bond donors (Lipinski definition) is 2. The van der Waals surface area contributed by atoms with Crippen molar-refractivity contribution >= 4 is 38.9 Å². The van der Waals surface area contributed by atoms with Gasteiger partial charge >= 0.3 is 0 Å². The van der Waals surface area contributed by atoms with Crippen LogP contribution in [-0.2, 0) is 6.61 Å². The maximum absolute atomic E-state index is 11.3. The molecule has 0 fully saturated rings. The molecule has 0 unspecified atom stereocenters. The number of hydrazine groups is 1. The minimum Gasteiger partial charge on any atom is -0.487 e. The predicted octanol–water partition coefficient (Wildman–Crippen LogP) is 2.00. The normalized spacial score (nSPS) is 10.2. The highest BCUT2D eigenvalue weighted by atomic mass is 79.9. The van der Waals surface area contributed by atoms with Gasteiger partial charge in [0.05, 0.1) is 16.7 Å². The number of non-ortho nitro benzene ring substituents is 1. The van der Waals surface area contributed by atoms with Crippen molar-refractivity contribution in [3.63, 3.8) is 0 Å². The number of benzene rings is 1. The first-order valence-electron chi connectivity index (χ1n) is 5.52. The number of aromatic nitrogens is 1. The van der Waals surface area contributed by atoms with Gasteiger partial charge in [0, 0.05) is 15.9 Å². The third kappa shape index (κ3) is 3.97. The van der Waals surface area contributed by atoms with Crippen LogP contribution in [0.4, 0.5) is 5.69 Å². The zero-order chi connectivity index (χ0) is 15.4. The number of rotatable bonds is 5. The van der Waals surface area contributed by atoms with Crippen LogP contribution in [0.5, 0.6) is 5.75 Å². The average Bonchev–Trinajstić information content (AvgIpc) is 2.92. The maximum atomic E-state index is 11.3. The monoisotopic (exact) mass is 372 g/mol. The molecule has 0 aliphatic carbocycles. The standard InChI is InChI=1S/C11H9BrN4O4S/c12-6-1-8(16(18)19)3-9(2-6)20-4-7-5-21-11(14-7)10(17)15-13/h1-3,5H,4,13H2,(H,15,17). The van der Waals surface area contributed by atoms with E-state index in [1.54, 1.807) is 11.4 Å². The molecule has 10 heteroatoms. The highest BCUT2D eigenvalue weighted by Crippen LogP contribution is 2.26. The summed E-state index contributed by atoms with van der Waals surface area (Å²) in [6, 6.07) is 4.29. The van der Waals surface area contributed by atoms with Gasteiger partial charge in [0.2, 0.25) is 0 Å². The summed E-state index contributed by atoms with van der Waals surface area (Å²) in [5.74, 6) is 4.85. The second-order valence-electron chi connectivity index (χ2n) is 3.81. The molecule has 1 heterocycles. The molecule has 0 aliphatic rings. The van der Waals surface area contributed by atoms with Gasteiger partial charge in [-0.2, -0.15) is 0 Å². The van der Waals surface area contributed by atoms with Crippen molar-refractivity contribution in [3.05, 3.63) is 48.9 Å². The highest BCUT2D eigenvalue weighted by molar-refractivity contribution is 9.10. The van der Waals surface area contributed by atoms with Crippen LogP contribution in [0.25, 0.3) is 0 Å². The molecule has 1 amide bonds. The van der Waals surface area contributed by atoms with E-state index < -0.39 is 10.8 Å². The third-order valence-corrected chi connectivity index (χ3v) is 3.68. The van der Waals surface area contributed by atoms with Crippen LogP contribution in [0.2, 0.25) is 0 Å². The highest BCUT2D eigenvalue weighted by Gasteiger charge is 2.12. The topological polar surface area (TPSA) is 120 Å². The molecule has 0 saturated heterocycles. The average molecular weight is 373 g/mol. The number of amides is 1. The zero-order valence-corrected chi connectivity index (χ0v) is 12.8. The number of nitrogen functional groups attached to an aromatic ring is 1. The fourth-order valence-electron chi connectivity index (χ4n) is 1.43. The lowest BCUT2D eigenvalue weighted by Crippen LogP contribution is -2.29. The van der Waals surface area contributed by atoms with Gasteiger partial charge in [0.15, 0.2) is 5.01 Å². The van der Waals surface area contributed by atoms with Crippen molar-refractivity contribution < 1.29 is 14.5 Å². The molecule has 8 nitrogen and oxygen atoms in total. The lowest BCUT2D eigenvalue weighted by Gasteiger charge is -2.04. The second-order valence-corrected chi connectivity index (χ2v) is 5.58. The van der Waals surface area contributed by atoms with E-state index in [2.05, 4.69) is 20.9 Å². The van der Waals surface area contributed by atoms with E-state index in [9.17, 15) is 14.9 Å². The van der Waals surface area contributed by atoms with Gasteiger partial charge in [0.25, 0.3) is 11.6 Å². The van der Waals surface area contributed by atoms with Crippen LogP contribution < -0.4 is 16.0 Å².